The van der Waals surface area contributed by atoms with E-state index in [0.29, 0.717) is 17.5 Å². The van der Waals surface area contributed by atoms with Crippen LogP contribution in [-0.2, 0) is 5.88 Å². The van der Waals surface area contributed by atoms with Crippen LogP contribution in [0.1, 0.15) is 5.56 Å². The van der Waals surface area contributed by atoms with Gasteiger partial charge in [0, 0.05) is 30.3 Å². The predicted molar refractivity (Wildman–Crippen MR) is 72.0 cm³/mol. The van der Waals surface area contributed by atoms with Crippen LogP contribution in [0.15, 0.2) is 36.5 Å². The molecule has 0 N–H and O–H groups in total. The van der Waals surface area contributed by atoms with E-state index in [0.717, 1.165) is 5.56 Å². The average molecular weight is 299 g/mol. The van der Waals surface area contributed by atoms with Crippen molar-refractivity contribution in [3.8, 4) is 11.6 Å². The van der Waals surface area contributed by atoms with Gasteiger partial charge in [0.2, 0.25) is 5.88 Å². The molecule has 0 radical (unpaired) electrons. The predicted octanol–water partition coefficient (Wildman–Crippen LogP) is 4.17. The first kappa shape index (κ1) is 13.6. The van der Waals surface area contributed by atoms with Crippen LogP contribution in [0.25, 0.3) is 0 Å². The van der Waals surface area contributed by atoms with Crippen LogP contribution in [0.4, 0.5) is 5.69 Å². The molecule has 0 unspecified atom stereocenters. The number of non-ortho nitro benzene ring substituents is 1. The highest BCUT2D eigenvalue weighted by molar-refractivity contribution is 6.32. The van der Waals surface area contributed by atoms with Gasteiger partial charge >= 0.3 is 0 Å². The molecule has 0 aliphatic heterocycles. The molecule has 0 aliphatic rings. The van der Waals surface area contributed by atoms with Gasteiger partial charge in [-0.25, -0.2) is 4.98 Å². The normalized spacial score (nSPS) is 10.2. The first-order valence-corrected chi connectivity index (χ1v) is 6.14. The van der Waals surface area contributed by atoms with Crippen molar-refractivity contribution in [1.29, 1.82) is 0 Å². The zero-order chi connectivity index (χ0) is 13.8. The third kappa shape index (κ3) is 3.33. The van der Waals surface area contributed by atoms with E-state index in [1.165, 1.54) is 18.2 Å². The Morgan fingerprint density at radius 2 is 2.11 bits per heavy atom. The van der Waals surface area contributed by atoms with E-state index in [-0.39, 0.29) is 10.7 Å². The summed E-state index contributed by atoms with van der Waals surface area (Å²) in [7, 11) is 0. The molecule has 1 aromatic heterocycles. The summed E-state index contributed by atoms with van der Waals surface area (Å²) in [5.41, 5.74) is 0.770. The highest BCUT2D eigenvalue weighted by atomic mass is 35.5. The van der Waals surface area contributed by atoms with Crippen molar-refractivity contribution in [2.45, 2.75) is 5.88 Å². The zero-order valence-electron chi connectivity index (χ0n) is 9.55. The number of halogens is 2. The summed E-state index contributed by atoms with van der Waals surface area (Å²) in [4.78, 5) is 14.1. The smallest absolute Gasteiger partial charge is 0.271 e. The van der Waals surface area contributed by atoms with Crippen LogP contribution in [0.3, 0.4) is 0 Å². The minimum absolute atomic E-state index is 0.0946. The highest BCUT2D eigenvalue weighted by Gasteiger charge is 2.11. The van der Waals surface area contributed by atoms with Crippen LogP contribution in [0.5, 0.6) is 11.6 Å². The Morgan fingerprint density at radius 3 is 2.63 bits per heavy atom. The minimum atomic E-state index is -0.525. The number of aromatic nitrogens is 1. The van der Waals surface area contributed by atoms with Crippen LogP contribution in [-0.4, -0.2) is 9.91 Å². The van der Waals surface area contributed by atoms with Crippen molar-refractivity contribution in [3.63, 3.8) is 0 Å². The third-order valence-corrected chi connectivity index (χ3v) is 2.90. The van der Waals surface area contributed by atoms with Gasteiger partial charge in [0.25, 0.3) is 5.69 Å². The molecule has 0 saturated heterocycles. The molecule has 5 nitrogen and oxygen atoms in total. The van der Waals surface area contributed by atoms with E-state index in [4.69, 9.17) is 27.9 Å². The monoisotopic (exact) mass is 298 g/mol. The molecule has 0 saturated carbocycles. The summed E-state index contributed by atoms with van der Waals surface area (Å²) in [5, 5.41) is 10.7. The Labute approximate surface area is 118 Å². The molecular formula is C12H8Cl2N2O3. The standard InChI is InChI=1S/C12H8Cl2N2O3/c13-6-8-1-4-12(15-7-8)19-11-3-2-9(16(17)18)5-10(11)14/h1-5,7H,6H2. The highest BCUT2D eigenvalue weighted by Crippen LogP contribution is 2.31. The Hall–Kier alpha value is -1.85. The lowest BCUT2D eigenvalue weighted by Crippen LogP contribution is -1.92. The Balaban J connectivity index is 2.20. The van der Waals surface area contributed by atoms with Crippen LogP contribution in [0.2, 0.25) is 5.02 Å². The van der Waals surface area contributed by atoms with Crippen molar-refractivity contribution in [2.75, 3.05) is 0 Å². The molecular weight excluding hydrogens is 291 g/mol. The van der Waals surface area contributed by atoms with Crippen molar-refractivity contribution < 1.29 is 9.66 Å². The topological polar surface area (TPSA) is 65.3 Å². The van der Waals surface area contributed by atoms with Gasteiger partial charge in [-0.3, -0.25) is 10.1 Å². The second-order valence-corrected chi connectivity index (χ2v) is 4.29. The van der Waals surface area contributed by atoms with Crippen LogP contribution >= 0.6 is 23.2 Å². The SMILES string of the molecule is O=[N+]([O-])c1ccc(Oc2ccc(CCl)cn2)c(Cl)c1. The summed E-state index contributed by atoms with van der Waals surface area (Å²) < 4.78 is 5.43. The van der Waals surface area contributed by atoms with E-state index in [1.807, 2.05) is 0 Å². The number of alkyl halides is 1. The molecule has 7 heteroatoms. The lowest BCUT2D eigenvalue weighted by molar-refractivity contribution is -0.384. The van der Waals surface area contributed by atoms with Gasteiger partial charge in [0.1, 0.15) is 5.75 Å². The number of nitro groups is 1. The van der Waals surface area contributed by atoms with Gasteiger partial charge in [-0.1, -0.05) is 17.7 Å². The summed E-state index contributed by atoms with van der Waals surface area (Å²) in [5.74, 6) is 1.01. The molecule has 1 heterocycles. The third-order valence-electron chi connectivity index (χ3n) is 2.29. The maximum Gasteiger partial charge on any atom is 0.271 e. The molecule has 0 aliphatic carbocycles. The van der Waals surface area contributed by atoms with Crippen molar-refractivity contribution >= 4 is 28.9 Å². The number of benzene rings is 1. The lowest BCUT2D eigenvalue weighted by Gasteiger charge is -2.06. The first-order chi connectivity index (χ1) is 9.10. The number of ether oxygens (including phenoxy) is 1. The number of pyridine rings is 1. The fourth-order valence-corrected chi connectivity index (χ4v) is 1.72. The van der Waals surface area contributed by atoms with E-state index >= 15 is 0 Å². The van der Waals surface area contributed by atoms with E-state index in [9.17, 15) is 10.1 Å². The van der Waals surface area contributed by atoms with E-state index in [1.54, 1.807) is 18.3 Å². The van der Waals surface area contributed by atoms with Gasteiger partial charge in [0.15, 0.2) is 0 Å². The maximum atomic E-state index is 10.6. The number of rotatable bonds is 4. The van der Waals surface area contributed by atoms with Gasteiger partial charge < -0.3 is 4.74 Å². The fourth-order valence-electron chi connectivity index (χ4n) is 1.35. The minimum Gasteiger partial charge on any atom is -0.437 e. The quantitative estimate of drug-likeness (QED) is 0.482. The number of hydrogen-bond acceptors (Lipinski definition) is 4. The molecule has 2 aromatic rings. The Morgan fingerprint density at radius 1 is 1.32 bits per heavy atom. The van der Waals surface area contributed by atoms with Crippen LogP contribution in [0, 0.1) is 10.1 Å². The maximum absolute atomic E-state index is 10.6. The number of nitro benzene ring substituents is 1. The van der Waals surface area contributed by atoms with E-state index in [2.05, 4.69) is 4.98 Å². The summed E-state index contributed by atoms with van der Waals surface area (Å²) in [6.07, 6.45) is 1.58. The molecule has 0 spiro atoms. The summed E-state index contributed by atoms with van der Waals surface area (Å²) >= 11 is 11.5. The zero-order valence-corrected chi connectivity index (χ0v) is 11.1. The molecule has 0 fully saturated rings. The van der Waals surface area contributed by atoms with Gasteiger partial charge in [-0.2, -0.15) is 0 Å². The second kappa shape index (κ2) is 5.86. The summed E-state index contributed by atoms with van der Waals surface area (Å²) in [6, 6.07) is 7.39. The second-order valence-electron chi connectivity index (χ2n) is 3.61. The van der Waals surface area contributed by atoms with E-state index < -0.39 is 4.92 Å². The molecule has 2 rings (SSSR count). The molecule has 19 heavy (non-hydrogen) atoms. The van der Waals surface area contributed by atoms with Gasteiger partial charge in [-0.15, -0.1) is 11.6 Å². The molecule has 0 amide bonds. The number of nitrogens with zero attached hydrogens (tertiary/aromatic N) is 2. The number of hydrogen-bond donors (Lipinski definition) is 0. The molecule has 0 bridgehead atoms. The largest absolute Gasteiger partial charge is 0.437 e. The summed E-state index contributed by atoms with van der Waals surface area (Å²) in [6.45, 7) is 0. The average Bonchev–Trinajstić information content (AvgIpc) is 2.41. The first-order valence-electron chi connectivity index (χ1n) is 5.23. The van der Waals surface area contributed by atoms with Gasteiger partial charge in [-0.05, 0) is 11.6 Å². The molecule has 0 atom stereocenters. The van der Waals surface area contributed by atoms with Crippen molar-refractivity contribution in [1.82, 2.24) is 4.98 Å². The Kier molecular flexibility index (Phi) is 4.19. The lowest BCUT2D eigenvalue weighted by atomic mass is 10.3. The Bertz CT molecular complexity index is 602. The molecule has 1 aromatic carbocycles. The van der Waals surface area contributed by atoms with Crippen molar-refractivity contribution in [2.24, 2.45) is 0 Å². The van der Waals surface area contributed by atoms with Crippen LogP contribution < -0.4 is 4.74 Å². The van der Waals surface area contributed by atoms with Gasteiger partial charge in [0.05, 0.1) is 9.95 Å². The van der Waals surface area contributed by atoms with Crippen molar-refractivity contribution in [3.05, 3.63) is 57.2 Å². The molecule has 98 valence electrons. The fraction of sp³-hybridized carbons (Fsp3) is 0.0833.